The summed E-state index contributed by atoms with van der Waals surface area (Å²) >= 11 is 0. The van der Waals surface area contributed by atoms with Gasteiger partial charge in [-0.2, -0.15) is 15.4 Å². The highest BCUT2D eigenvalue weighted by Crippen LogP contribution is 2.26. The number of nitrogens with one attached hydrogen (secondary N) is 1. The van der Waals surface area contributed by atoms with E-state index in [1.807, 2.05) is 0 Å². The minimum Gasteiger partial charge on any atom is -0.254 e. The zero-order valence-corrected chi connectivity index (χ0v) is 13.1. The first-order valence-electron chi connectivity index (χ1n) is 6.82. The van der Waals surface area contributed by atoms with Crippen molar-refractivity contribution in [3.63, 3.8) is 0 Å². The van der Waals surface area contributed by atoms with Gasteiger partial charge in [0.15, 0.2) is 0 Å². The third kappa shape index (κ3) is 2.95. The van der Waals surface area contributed by atoms with Crippen molar-refractivity contribution >= 4 is 11.9 Å². The number of aromatic nitrogens is 3. The SMILES string of the molecule is Cc1cc(C)c(N=Cc2n[nH]nc2C(C)(C)C)c(C)c1. The molecule has 2 aromatic rings. The molecule has 0 aliphatic heterocycles. The van der Waals surface area contributed by atoms with Crippen molar-refractivity contribution in [2.45, 2.75) is 47.0 Å². The normalized spacial score (nSPS) is 12.3. The number of aryl methyl sites for hydroxylation is 3. The third-order valence-corrected chi connectivity index (χ3v) is 3.24. The van der Waals surface area contributed by atoms with Crippen LogP contribution in [0.1, 0.15) is 48.8 Å². The van der Waals surface area contributed by atoms with E-state index < -0.39 is 0 Å². The van der Waals surface area contributed by atoms with E-state index in [2.05, 4.69) is 74.1 Å². The van der Waals surface area contributed by atoms with Crippen LogP contribution in [0.25, 0.3) is 0 Å². The quantitative estimate of drug-likeness (QED) is 0.844. The van der Waals surface area contributed by atoms with Crippen LogP contribution in [0.4, 0.5) is 5.69 Å². The Morgan fingerprint density at radius 2 is 1.65 bits per heavy atom. The summed E-state index contributed by atoms with van der Waals surface area (Å²) in [5, 5.41) is 11.1. The van der Waals surface area contributed by atoms with Crippen molar-refractivity contribution in [2.24, 2.45) is 4.99 Å². The molecule has 0 fully saturated rings. The number of nitrogens with zero attached hydrogens (tertiary/aromatic N) is 3. The Kier molecular flexibility index (Phi) is 3.75. The maximum absolute atomic E-state index is 4.62. The summed E-state index contributed by atoms with van der Waals surface area (Å²) in [6, 6.07) is 4.29. The lowest BCUT2D eigenvalue weighted by molar-refractivity contribution is 0.566. The number of benzene rings is 1. The van der Waals surface area contributed by atoms with Crippen LogP contribution in [0.3, 0.4) is 0 Å². The van der Waals surface area contributed by atoms with E-state index in [0.29, 0.717) is 0 Å². The molecule has 0 atom stereocenters. The Hall–Kier alpha value is -1.97. The summed E-state index contributed by atoms with van der Waals surface area (Å²) in [6.07, 6.45) is 1.80. The van der Waals surface area contributed by atoms with Gasteiger partial charge in [0, 0.05) is 5.41 Å². The maximum atomic E-state index is 4.62. The molecular formula is C16H22N4. The lowest BCUT2D eigenvalue weighted by Crippen LogP contribution is -2.14. The second-order valence-electron chi connectivity index (χ2n) is 6.31. The molecule has 4 heteroatoms. The Morgan fingerprint density at radius 1 is 1.05 bits per heavy atom. The first kappa shape index (κ1) is 14.4. The summed E-state index contributed by atoms with van der Waals surface area (Å²) in [5.74, 6) is 0. The van der Waals surface area contributed by atoms with E-state index in [0.717, 1.165) is 17.1 Å². The molecule has 106 valence electrons. The van der Waals surface area contributed by atoms with E-state index in [1.165, 1.54) is 16.7 Å². The number of aromatic amines is 1. The van der Waals surface area contributed by atoms with E-state index in [1.54, 1.807) is 6.21 Å². The van der Waals surface area contributed by atoms with Gasteiger partial charge >= 0.3 is 0 Å². The van der Waals surface area contributed by atoms with Gasteiger partial charge in [-0.1, -0.05) is 38.5 Å². The summed E-state index contributed by atoms with van der Waals surface area (Å²) in [4.78, 5) is 4.62. The molecule has 0 amide bonds. The smallest absolute Gasteiger partial charge is 0.127 e. The van der Waals surface area contributed by atoms with Gasteiger partial charge in [0.05, 0.1) is 17.6 Å². The van der Waals surface area contributed by atoms with Gasteiger partial charge in [0.1, 0.15) is 5.69 Å². The monoisotopic (exact) mass is 270 g/mol. The highest BCUT2D eigenvalue weighted by Gasteiger charge is 2.21. The lowest BCUT2D eigenvalue weighted by atomic mass is 9.91. The molecule has 0 radical (unpaired) electrons. The molecule has 2 rings (SSSR count). The standard InChI is InChI=1S/C16H22N4/c1-10-7-11(2)14(12(3)8-10)17-9-13-15(16(4,5)6)19-20-18-13/h7-9H,1-6H3,(H,18,19,20). The van der Waals surface area contributed by atoms with Crippen molar-refractivity contribution in [1.82, 2.24) is 15.4 Å². The third-order valence-electron chi connectivity index (χ3n) is 3.24. The van der Waals surface area contributed by atoms with Gasteiger partial charge in [-0.15, -0.1) is 0 Å². The van der Waals surface area contributed by atoms with Gasteiger partial charge in [0.2, 0.25) is 0 Å². The van der Waals surface area contributed by atoms with Gasteiger partial charge in [-0.05, 0) is 31.9 Å². The summed E-state index contributed by atoms with van der Waals surface area (Å²) < 4.78 is 0. The Labute approximate surface area is 120 Å². The first-order valence-corrected chi connectivity index (χ1v) is 6.82. The highest BCUT2D eigenvalue weighted by molar-refractivity contribution is 5.82. The summed E-state index contributed by atoms with van der Waals surface area (Å²) in [5.41, 5.74) is 6.32. The first-order chi connectivity index (χ1) is 9.29. The van der Waals surface area contributed by atoms with Gasteiger partial charge < -0.3 is 0 Å². The number of rotatable bonds is 2. The lowest BCUT2D eigenvalue weighted by Gasteiger charge is -2.14. The van der Waals surface area contributed by atoms with E-state index in [9.17, 15) is 0 Å². The van der Waals surface area contributed by atoms with E-state index in [-0.39, 0.29) is 5.41 Å². The topological polar surface area (TPSA) is 53.9 Å². The Morgan fingerprint density at radius 3 is 2.20 bits per heavy atom. The molecule has 0 unspecified atom stereocenters. The van der Waals surface area contributed by atoms with Gasteiger partial charge in [-0.3, -0.25) is 4.99 Å². The molecule has 1 aromatic heterocycles. The predicted molar refractivity (Wildman–Crippen MR) is 83.0 cm³/mol. The molecule has 4 nitrogen and oxygen atoms in total. The summed E-state index contributed by atoms with van der Waals surface area (Å²) in [6.45, 7) is 12.6. The number of aliphatic imine (C=N–C) groups is 1. The number of H-pyrrole nitrogens is 1. The number of hydrogen-bond donors (Lipinski definition) is 1. The number of hydrogen-bond acceptors (Lipinski definition) is 3. The Bertz CT molecular complexity index is 622. The van der Waals surface area contributed by atoms with Crippen molar-refractivity contribution in [2.75, 3.05) is 0 Å². The minimum absolute atomic E-state index is 0.0499. The molecule has 0 saturated heterocycles. The van der Waals surface area contributed by atoms with Crippen LogP contribution in [0.15, 0.2) is 17.1 Å². The Balaban J connectivity index is 2.39. The molecule has 1 aromatic carbocycles. The molecule has 0 aliphatic carbocycles. The van der Waals surface area contributed by atoms with Crippen LogP contribution < -0.4 is 0 Å². The van der Waals surface area contributed by atoms with E-state index >= 15 is 0 Å². The molecular weight excluding hydrogens is 248 g/mol. The van der Waals surface area contributed by atoms with Crippen LogP contribution in [0, 0.1) is 20.8 Å². The van der Waals surface area contributed by atoms with Crippen LogP contribution in [-0.2, 0) is 5.41 Å². The predicted octanol–water partition coefficient (Wildman–Crippen LogP) is 3.78. The molecule has 0 saturated carbocycles. The van der Waals surface area contributed by atoms with Crippen molar-refractivity contribution in [3.8, 4) is 0 Å². The van der Waals surface area contributed by atoms with Gasteiger partial charge in [0.25, 0.3) is 0 Å². The van der Waals surface area contributed by atoms with Crippen LogP contribution in [-0.4, -0.2) is 21.6 Å². The summed E-state index contributed by atoms with van der Waals surface area (Å²) in [7, 11) is 0. The maximum Gasteiger partial charge on any atom is 0.127 e. The second kappa shape index (κ2) is 5.19. The molecule has 0 spiro atoms. The van der Waals surface area contributed by atoms with Crippen LogP contribution in [0.2, 0.25) is 0 Å². The van der Waals surface area contributed by atoms with E-state index in [4.69, 9.17) is 0 Å². The molecule has 1 N–H and O–H groups in total. The van der Waals surface area contributed by atoms with Crippen molar-refractivity contribution < 1.29 is 0 Å². The second-order valence-corrected chi connectivity index (χ2v) is 6.31. The fraction of sp³-hybridized carbons (Fsp3) is 0.438. The average molecular weight is 270 g/mol. The van der Waals surface area contributed by atoms with Crippen molar-refractivity contribution in [1.29, 1.82) is 0 Å². The zero-order valence-electron chi connectivity index (χ0n) is 13.1. The largest absolute Gasteiger partial charge is 0.254 e. The average Bonchev–Trinajstić information content (AvgIpc) is 2.75. The fourth-order valence-electron chi connectivity index (χ4n) is 2.38. The minimum atomic E-state index is -0.0499. The van der Waals surface area contributed by atoms with Gasteiger partial charge in [-0.25, -0.2) is 0 Å². The van der Waals surface area contributed by atoms with Crippen molar-refractivity contribution in [3.05, 3.63) is 40.2 Å². The van der Waals surface area contributed by atoms with Crippen LogP contribution >= 0.6 is 0 Å². The molecule has 0 aliphatic rings. The fourth-order valence-corrected chi connectivity index (χ4v) is 2.38. The highest BCUT2D eigenvalue weighted by atomic mass is 15.3. The molecule has 1 heterocycles. The van der Waals surface area contributed by atoms with Crippen LogP contribution in [0.5, 0.6) is 0 Å². The molecule has 0 bridgehead atoms. The zero-order chi connectivity index (χ0) is 14.9. The molecule has 20 heavy (non-hydrogen) atoms.